The average molecular weight is 227 g/mol. The van der Waals surface area contributed by atoms with E-state index in [9.17, 15) is 0 Å². The van der Waals surface area contributed by atoms with Crippen molar-refractivity contribution in [1.82, 2.24) is 9.97 Å². The van der Waals surface area contributed by atoms with Crippen molar-refractivity contribution >= 4 is 19.0 Å². The fourth-order valence-corrected chi connectivity index (χ4v) is 1.89. The van der Waals surface area contributed by atoms with Gasteiger partial charge in [-0.05, 0) is 12.1 Å². The molecule has 0 aliphatic rings. The van der Waals surface area contributed by atoms with Crippen molar-refractivity contribution in [2.75, 3.05) is 6.16 Å². The Balaban J connectivity index is 2.16. The van der Waals surface area contributed by atoms with E-state index in [1.807, 2.05) is 24.3 Å². The smallest absolute Gasteiger partial charge is 0.342 e. The van der Waals surface area contributed by atoms with Gasteiger partial charge in [-0.1, -0.05) is 12.1 Å². The van der Waals surface area contributed by atoms with Gasteiger partial charge in [-0.15, -0.1) is 0 Å². The quantitative estimate of drug-likeness (QED) is 0.585. The van der Waals surface area contributed by atoms with E-state index >= 15 is 0 Å². The molecule has 0 aliphatic carbocycles. The summed E-state index contributed by atoms with van der Waals surface area (Å²) < 4.78 is 0. The molecule has 0 bridgehead atoms. The number of hydrogen-bond acceptors (Lipinski definition) is 4. The maximum Gasteiger partial charge on any atom is 0.404 e. The molecule has 2 rings (SSSR count). The number of imidazole rings is 1. The summed E-state index contributed by atoms with van der Waals surface area (Å²) in [4.78, 5) is 33.8. The fourth-order valence-electron chi connectivity index (χ4n) is 1.38. The number of benzene rings is 1. The van der Waals surface area contributed by atoms with Gasteiger partial charge in [-0.3, -0.25) is 0 Å². The number of nitrogens with one attached hydrogen (secondary N) is 1. The lowest BCUT2D eigenvalue weighted by Crippen LogP contribution is -2.00. The molecule has 0 spiro atoms. The highest BCUT2D eigenvalue weighted by Gasteiger charge is 2.29. The molecule has 0 aliphatic heterocycles. The number of aromatic amines is 1. The molecule has 1 aromatic heterocycles. The minimum Gasteiger partial charge on any atom is -0.342 e. The van der Waals surface area contributed by atoms with E-state index in [1.165, 1.54) is 0 Å². The van der Waals surface area contributed by atoms with E-state index in [-0.39, 0.29) is 6.16 Å². The third-order valence-corrected chi connectivity index (χ3v) is 2.91. The van der Waals surface area contributed by atoms with Gasteiger partial charge in [0.05, 0.1) is 11.0 Å². The molecule has 0 fully saturated rings. The summed E-state index contributed by atoms with van der Waals surface area (Å²) in [6.45, 7) is 0. The Morgan fingerprint density at radius 3 is 2.60 bits per heavy atom. The first kappa shape index (κ1) is 10.5. The van der Waals surface area contributed by atoms with Crippen LogP contribution in [0, 0.1) is 0 Å². The number of H-pyrrole nitrogens is 1. The van der Waals surface area contributed by atoms with Crippen LogP contribution in [-0.4, -0.2) is 30.8 Å². The molecule has 0 radical (unpaired) electrons. The summed E-state index contributed by atoms with van der Waals surface area (Å²) >= 11 is 0. The number of aromatic nitrogens is 2. The number of rotatable bonds is 3. The van der Waals surface area contributed by atoms with Gasteiger partial charge in [0.2, 0.25) is 0 Å². The summed E-state index contributed by atoms with van der Waals surface area (Å²) in [7, 11) is -3.68. The molecule has 5 nitrogen and oxygen atoms in total. The van der Waals surface area contributed by atoms with Crippen LogP contribution in [0.2, 0.25) is 0 Å². The van der Waals surface area contributed by atoms with Gasteiger partial charge in [0, 0.05) is 6.42 Å². The van der Waals surface area contributed by atoms with E-state index in [1.54, 1.807) is 0 Å². The molecule has 0 saturated carbocycles. The molecule has 15 heavy (non-hydrogen) atoms. The van der Waals surface area contributed by atoms with Crippen LogP contribution in [0.3, 0.4) is 0 Å². The highest BCUT2D eigenvalue weighted by Crippen LogP contribution is 2.44. The Morgan fingerprint density at radius 2 is 1.93 bits per heavy atom. The van der Waals surface area contributed by atoms with Crippen molar-refractivity contribution < 1.29 is 14.7 Å². The average Bonchev–Trinajstić information content (AvgIpc) is 2.56. The second kappa shape index (κ2) is 3.87. The third kappa shape index (κ3) is 2.73. The van der Waals surface area contributed by atoms with Gasteiger partial charge in [0.25, 0.3) is 0 Å². The molecule has 0 amide bonds. The van der Waals surface area contributed by atoms with Gasteiger partial charge in [0.1, 0.15) is 12.0 Å². The van der Waals surface area contributed by atoms with E-state index in [2.05, 4.69) is 9.97 Å². The van der Waals surface area contributed by atoms with Gasteiger partial charge in [-0.2, -0.15) is 14.7 Å². The van der Waals surface area contributed by atoms with Crippen molar-refractivity contribution in [2.24, 2.45) is 0 Å². The van der Waals surface area contributed by atoms with Crippen molar-refractivity contribution in [3.63, 3.8) is 0 Å². The topological polar surface area (TPSA) is 89.4 Å². The maximum atomic E-state index is 8.83. The van der Waals surface area contributed by atoms with E-state index in [0.29, 0.717) is 12.2 Å². The number of fused-ring (bicyclic) bond motifs is 1. The Kier molecular flexibility index (Phi) is 2.71. The molecule has 0 atom stereocenters. The summed E-state index contributed by atoms with van der Waals surface area (Å²) in [5.74, 6) is 0.651. The zero-order valence-corrected chi connectivity index (χ0v) is 8.85. The number of para-hydroxylation sites is 2. The van der Waals surface area contributed by atoms with Crippen LogP contribution in [-0.2, 0) is 6.42 Å². The van der Waals surface area contributed by atoms with Crippen molar-refractivity contribution in [3.05, 3.63) is 30.1 Å². The van der Waals surface area contributed by atoms with Gasteiger partial charge < -0.3 is 4.98 Å². The monoisotopic (exact) mass is 227 g/mol. The lowest BCUT2D eigenvalue weighted by molar-refractivity contribution is 0.330. The molecular weight excluding hydrogens is 215 g/mol. The summed E-state index contributed by atoms with van der Waals surface area (Å²) in [5, 5.41) is 0. The molecule has 1 aromatic carbocycles. The standard InChI is InChI=1S/C9H12N2O3P/c12-15(13,14)6-5-9-10-7-3-1-2-4-8(7)11-9/h1-4,12-14H,5-6H2,(H,10,11)/q+1. The number of nitrogens with zero attached hydrogens (tertiary/aromatic N) is 1. The Labute approximate surface area is 87.0 Å². The van der Waals surface area contributed by atoms with E-state index in [0.717, 1.165) is 11.0 Å². The first-order valence-electron chi connectivity index (χ1n) is 4.54. The molecule has 4 N–H and O–H groups in total. The normalized spacial score (nSPS) is 12.2. The van der Waals surface area contributed by atoms with Crippen LogP contribution in [0.5, 0.6) is 0 Å². The molecule has 2 aromatic rings. The lowest BCUT2D eigenvalue weighted by Gasteiger charge is -2.00. The summed E-state index contributed by atoms with van der Waals surface area (Å²) in [5.41, 5.74) is 1.75. The van der Waals surface area contributed by atoms with Crippen LogP contribution < -0.4 is 0 Å². The van der Waals surface area contributed by atoms with E-state index in [4.69, 9.17) is 14.7 Å². The van der Waals surface area contributed by atoms with Crippen molar-refractivity contribution in [2.45, 2.75) is 6.42 Å². The fraction of sp³-hybridized carbons (Fsp3) is 0.222. The highest BCUT2D eigenvalue weighted by molar-refractivity contribution is 7.58. The summed E-state index contributed by atoms with van der Waals surface area (Å²) in [6.07, 6.45) is 0.263. The SMILES string of the molecule is O[P+](O)(O)CCc1nc2ccccc2[nH]1. The Bertz CT molecular complexity index is 431. The van der Waals surface area contributed by atoms with Crippen LogP contribution in [0.25, 0.3) is 11.0 Å². The summed E-state index contributed by atoms with van der Waals surface area (Å²) in [6, 6.07) is 7.54. The lowest BCUT2D eigenvalue weighted by atomic mass is 10.3. The third-order valence-electron chi connectivity index (χ3n) is 2.09. The second-order valence-corrected chi connectivity index (χ2v) is 5.20. The first-order chi connectivity index (χ1) is 7.04. The van der Waals surface area contributed by atoms with Crippen LogP contribution in [0.15, 0.2) is 24.3 Å². The Hall–Kier alpha value is -1.00. The maximum absolute atomic E-state index is 8.83. The molecule has 0 unspecified atom stereocenters. The predicted molar refractivity (Wildman–Crippen MR) is 58.2 cm³/mol. The van der Waals surface area contributed by atoms with Gasteiger partial charge in [-0.25, -0.2) is 4.98 Å². The second-order valence-electron chi connectivity index (χ2n) is 3.37. The zero-order valence-electron chi connectivity index (χ0n) is 7.96. The molecule has 1 heterocycles. The molecule has 0 saturated heterocycles. The van der Waals surface area contributed by atoms with Crippen molar-refractivity contribution in [3.8, 4) is 0 Å². The largest absolute Gasteiger partial charge is 0.404 e. The highest BCUT2D eigenvalue weighted by atomic mass is 31.2. The number of hydrogen-bond donors (Lipinski definition) is 4. The zero-order chi connectivity index (χ0) is 10.9. The first-order valence-corrected chi connectivity index (χ1v) is 6.38. The van der Waals surface area contributed by atoms with Crippen molar-refractivity contribution in [1.29, 1.82) is 0 Å². The van der Waals surface area contributed by atoms with Crippen LogP contribution in [0.4, 0.5) is 0 Å². The van der Waals surface area contributed by atoms with Crippen LogP contribution in [0.1, 0.15) is 5.82 Å². The Morgan fingerprint density at radius 1 is 1.20 bits per heavy atom. The van der Waals surface area contributed by atoms with Gasteiger partial charge in [0.15, 0.2) is 0 Å². The number of aryl methyl sites for hydroxylation is 1. The molecule has 80 valence electrons. The van der Waals surface area contributed by atoms with Crippen LogP contribution >= 0.6 is 7.94 Å². The van der Waals surface area contributed by atoms with Gasteiger partial charge >= 0.3 is 7.94 Å². The predicted octanol–water partition coefficient (Wildman–Crippen LogP) is 0.845. The van der Waals surface area contributed by atoms with E-state index < -0.39 is 7.94 Å². The minimum absolute atomic E-state index is 0.0627. The molecule has 6 heteroatoms. The molecular formula is C9H12N2O3P+. The minimum atomic E-state index is -3.68.